The molecule has 16 heavy (non-hydrogen) atoms. The molecule has 1 fully saturated rings. The first-order valence-electron chi connectivity index (χ1n) is 5.67. The third kappa shape index (κ3) is 2.41. The van der Waals surface area contributed by atoms with E-state index in [4.69, 9.17) is 4.74 Å². The van der Waals surface area contributed by atoms with E-state index >= 15 is 0 Å². The lowest BCUT2D eigenvalue weighted by atomic mass is 9.94. The maximum absolute atomic E-state index is 6.01. The molecule has 1 aromatic heterocycles. The Kier molecular flexibility index (Phi) is 2.75. The van der Waals surface area contributed by atoms with Crippen molar-refractivity contribution in [3.8, 4) is 0 Å². The third-order valence-electron chi connectivity index (χ3n) is 3.06. The van der Waals surface area contributed by atoms with E-state index < -0.39 is 0 Å². The van der Waals surface area contributed by atoms with Crippen molar-refractivity contribution < 1.29 is 4.74 Å². The Hall–Kier alpha value is -0.940. The van der Waals surface area contributed by atoms with Crippen molar-refractivity contribution in [1.82, 2.24) is 20.5 Å². The third-order valence-corrected chi connectivity index (χ3v) is 3.06. The summed E-state index contributed by atoms with van der Waals surface area (Å²) < 4.78 is 6.01. The maximum Gasteiger partial charge on any atom is 0.138 e. The highest BCUT2D eigenvalue weighted by atomic mass is 16.5. The van der Waals surface area contributed by atoms with E-state index in [1.54, 1.807) is 0 Å². The van der Waals surface area contributed by atoms with Gasteiger partial charge in [0.2, 0.25) is 0 Å². The number of hydrogen-bond donors (Lipinski definition) is 2. The van der Waals surface area contributed by atoms with Gasteiger partial charge in [-0.25, -0.2) is 4.98 Å². The minimum atomic E-state index is -0.135. The van der Waals surface area contributed by atoms with Gasteiger partial charge < -0.3 is 10.1 Å². The number of ether oxygens (including phenoxy) is 1. The van der Waals surface area contributed by atoms with Crippen molar-refractivity contribution in [3.05, 3.63) is 12.2 Å². The summed E-state index contributed by atoms with van der Waals surface area (Å²) in [7, 11) is 0. The largest absolute Gasteiger partial charge is 0.368 e. The molecular weight excluding hydrogens is 204 g/mol. The number of aromatic nitrogens is 3. The molecule has 0 spiro atoms. The van der Waals surface area contributed by atoms with Crippen molar-refractivity contribution in [2.45, 2.75) is 57.9 Å². The molecule has 0 radical (unpaired) electrons. The zero-order valence-electron chi connectivity index (χ0n) is 10.4. The first-order valence-corrected chi connectivity index (χ1v) is 5.67. The molecule has 1 unspecified atom stereocenters. The zero-order valence-corrected chi connectivity index (χ0v) is 10.4. The van der Waals surface area contributed by atoms with Crippen LogP contribution < -0.4 is 5.32 Å². The molecule has 1 saturated heterocycles. The monoisotopic (exact) mass is 224 g/mol. The highest BCUT2D eigenvalue weighted by molar-refractivity contribution is 4.99. The van der Waals surface area contributed by atoms with Gasteiger partial charge in [-0.2, -0.15) is 5.10 Å². The van der Waals surface area contributed by atoms with Crippen LogP contribution in [-0.4, -0.2) is 32.4 Å². The molecule has 2 rings (SSSR count). The Labute approximate surface area is 96.0 Å². The van der Waals surface area contributed by atoms with Gasteiger partial charge in [0.05, 0.1) is 17.7 Å². The summed E-state index contributed by atoms with van der Waals surface area (Å²) in [5.74, 6) is 0.862. The van der Waals surface area contributed by atoms with Crippen LogP contribution in [0.3, 0.4) is 0 Å². The van der Waals surface area contributed by atoms with Crippen LogP contribution >= 0.6 is 0 Å². The molecule has 0 saturated carbocycles. The fraction of sp³-hybridized carbons (Fsp3) is 0.818. The summed E-state index contributed by atoms with van der Waals surface area (Å²) in [4.78, 5) is 4.09. The molecule has 0 aromatic carbocycles. The van der Waals surface area contributed by atoms with Crippen LogP contribution in [0.15, 0.2) is 6.33 Å². The number of nitrogens with one attached hydrogen (secondary N) is 2. The second-order valence-corrected chi connectivity index (χ2v) is 5.53. The highest BCUT2D eigenvalue weighted by Gasteiger charge is 2.45. The van der Waals surface area contributed by atoms with Crippen LogP contribution in [0.2, 0.25) is 0 Å². The zero-order chi connectivity index (χ0) is 11.8. The van der Waals surface area contributed by atoms with Crippen LogP contribution in [0.25, 0.3) is 0 Å². The molecule has 5 nitrogen and oxygen atoms in total. The average molecular weight is 224 g/mol. The van der Waals surface area contributed by atoms with E-state index in [0.717, 1.165) is 12.2 Å². The van der Waals surface area contributed by atoms with Crippen molar-refractivity contribution in [2.75, 3.05) is 0 Å². The van der Waals surface area contributed by atoms with Crippen LogP contribution in [0.5, 0.6) is 0 Å². The molecular formula is C11H20N4O. The Morgan fingerprint density at radius 2 is 2.25 bits per heavy atom. The smallest absolute Gasteiger partial charge is 0.138 e. The average Bonchev–Trinajstić information content (AvgIpc) is 2.67. The normalized spacial score (nSPS) is 27.1. The van der Waals surface area contributed by atoms with Gasteiger partial charge in [-0.05, 0) is 34.1 Å². The van der Waals surface area contributed by atoms with Gasteiger partial charge in [0.1, 0.15) is 12.2 Å². The van der Waals surface area contributed by atoms with Gasteiger partial charge >= 0.3 is 0 Å². The van der Waals surface area contributed by atoms with Crippen molar-refractivity contribution >= 4 is 0 Å². The van der Waals surface area contributed by atoms with Crippen LogP contribution in [-0.2, 0) is 11.3 Å². The van der Waals surface area contributed by atoms with E-state index in [0.29, 0.717) is 12.6 Å². The minimum Gasteiger partial charge on any atom is -0.368 e. The molecule has 5 heteroatoms. The molecule has 90 valence electrons. The molecule has 0 aliphatic carbocycles. The summed E-state index contributed by atoms with van der Waals surface area (Å²) in [6.07, 6.45) is 2.53. The Morgan fingerprint density at radius 3 is 2.75 bits per heavy atom. The first kappa shape index (κ1) is 11.5. The minimum absolute atomic E-state index is 0.0530. The molecule has 0 bridgehead atoms. The predicted molar refractivity (Wildman–Crippen MR) is 60.9 cm³/mol. The number of rotatable bonds is 3. The van der Waals surface area contributed by atoms with E-state index in [9.17, 15) is 0 Å². The lowest BCUT2D eigenvalue weighted by molar-refractivity contribution is -0.0699. The predicted octanol–water partition coefficient (Wildman–Crippen LogP) is 1.24. The summed E-state index contributed by atoms with van der Waals surface area (Å²) >= 11 is 0. The van der Waals surface area contributed by atoms with E-state index in [1.165, 1.54) is 6.33 Å². The topological polar surface area (TPSA) is 62.8 Å². The quantitative estimate of drug-likeness (QED) is 0.811. The molecule has 2 heterocycles. The van der Waals surface area contributed by atoms with Crippen LogP contribution in [0.1, 0.15) is 39.9 Å². The summed E-state index contributed by atoms with van der Waals surface area (Å²) in [6, 6.07) is 0.340. The van der Waals surface area contributed by atoms with E-state index in [2.05, 4.69) is 48.2 Å². The fourth-order valence-electron chi connectivity index (χ4n) is 2.42. The number of aromatic amines is 1. The maximum atomic E-state index is 6.01. The van der Waals surface area contributed by atoms with Gasteiger partial charge in [-0.3, -0.25) is 5.10 Å². The highest BCUT2D eigenvalue weighted by Crippen LogP contribution is 2.37. The Bertz CT molecular complexity index is 345. The molecule has 1 atom stereocenters. The van der Waals surface area contributed by atoms with Gasteiger partial charge in [-0.1, -0.05) is 0 Å². The van der Waals surface area contributed by atoms with Crippen LogP contribution in [0.4, 0.5) is 0 Å². The second kappa shape index (κ2) is 3.82. The summed E-state index contributed by atoms with van der Waals surface area (Å²) in [5.41, 5.74) is -0.188. The molecule has 1 aliphatic heterocycles. The van der Waals surface area contributed by atoms with Gasteiger partial charge in [0, 0.05) is 6.04 Å². The van der Waals surface area contributed by atoms with Gasteiger partial charge in [0.25, 0.3) is 0 Å². The SMILES string of the molecule is CC1(C)CC(NCc2ncn[nH]2)C(C)(C)O1. The fourth-order valence-corrected chi connectivity index (χ4v) is 2.42. The number of nitrogens with zero attached hydrogens (tertiary/aromatic N) is 2. The molecule has 1 aliphatic rings. The first-order chi connectivity index (χ1) is 7.39. The van der Waals surface area contributed by atoms with E-state index in [-0.39, 0.29) is 11.2 Å². The standard InChI is InChI=1S/C11H20N4O/c1-10(2)5-8(11(3,4)16-10)12-6-9-13-7-14-15-9/h7-8,12H,5-6H2,1-4H3,(H,13,14,15). The lowest BCUT2D eigenvalue weighted by Crippen LogP contribution is -2.43. The van der Waals surface area contributed by atoms with Crippen molar-refractivity contribution in [2.24, 2.45) is 0 Å². The van der Waals surface area contributed by atoms with Crippen LogP contribution in [0, 0.1) is 0 Å². The lowest BCUT2D eigenvalue weighted by Gasteiger charge is -2.27. The molecule has 1 aromatic rings. The molecule has 0 amide bonds. The Balaban J connectivity index is 1.95. The van der Waals surface area contributed by atoms with Gasteiger partial charge in [0.15, 0.2) is 0 Å². The van der Waals surface area contributed by atoms with E-state index in [1.807, 2.05) is 0 Å². The summed E-state index contributed by atoms with van der Waals surface area (Å²) in [5, 5.41) is 10.1. The molecule has 2 N–H and O–H groups in total. The second-order valence-electron chi connectivity index (χ2n) is 5.53. The van der Waals surface area contributed by atoms with Gasteiger partial charge in [-0.15, -0.1) is 0 Å². The number of H-pyrrole nitrogens is 1. The number of hydrogen-bond acceptors (Lipinski definition) is 4. The van der Waals surface area contributed by atoms with Crippen molar-refractivity contribution in [3.63, 3.8) is 0 Å². The Morgan fingerprint density at radius 1 is 1.50 bits per heavy atom. The summed E-state index contributed by atoms with van der Waals surface area (Å²) in [6.45, 7) is 9.21. The van der Waals surface area contributed by atoms with Crippen molar-refractivity contribution in [1.29, 1.82) is 0 Å².